The molecular formula is C17H33N3O3. The van der Waals surface area contributed by atoms with Gasteiger partial charge in [-0.15, -0.1) is 0 Å². The third kappa shape index (κ3) is 5.94. The van der Waals surface area contributed by atoms with Gasteiger partial charge in [0.2, 0.25) is 0 Å². The van der Waals surface area contributed by atoms with Gasteiger partial charge in [-0.25, -0.2) is 4.79 Å². The first-order chi connectivity index (χ1) is 10.7. The Hall–Kier alpha value is -0.850. The fraction of sp³-hybridized carbons (Fsp3) is 0.941. The molecule has 6 nitrogen and oxygen atoms in total. The van der Waals surface area contributed by atoms with Gasteiger partial charge in [0.15, 0.2) is 0 Å². The number of hydrogen-bond acceptors (Lipinski definition) is 5. The molecule has 1 N–H and O–H groups in total. The zero-order valence-corrected chi connectivity index (χ0v) is 15.3. The van der Waals surface area contributed by atoms with Crippen LogP contribution in [0.1, 0.15) is 33.6 Å². The monoisotopic (exact) mass is 327 g/mol. The first kappa shape index (κ1) is 18.5. The van der Waals surface area contributed by atoms with Gasteiger partial charge in [0.1, 0.15) is 5.60 Å². The number of nitrogens with one attached hydrogen (secondary N) is 1. The average Bonchev–Trinajstić information content (AvgIpc) is 2.60. The molecule has 0 aromatic heterocycles. The van der Waals surface area contributed by atoms with Crippen LogP contribution in [0.4, 0.5) is 4.79 Å². The van der Waals surface area contributed by atoms with E-state index in [1.54, 1.807) is 4.90 Å². The van der Waals surface area contributed by atoms with E-state index in [4.69, 9.17) is 9.47 Å². The molecule has 1 amide bonds. The Balaban J connectivity index is 1.75. The zero-order chi connectivity index (χ0) is 17.0. The smallest absolute Gasteiger partial charge is 0.410 e. The summed E-state index contributed by atoms with van der Waals surface area (Å²) in [5, 5.41) is 3.58. The number of rotatable bonds is 4. The van der Waals surface area contributed by atoms with Gasteiger partial charge in [-0.2, -0.15) is 0 Å². The van der Waals surface area contributed by atoms with E-state index in [0.29, 0.717) is 26.3 Å². The van der Waals surface area contributed by atoms with Crippen LogP contribution >= 0.6 is 0 Å². The minimum absolute atomic E-state index is 0.184. The maximum absolute atomic E-state index is 12.3. The van der Waals surface area contributed by atoms with E-state index in [9.17, 15) is 4.79 Å². The fourth-order valence-electron chi connectivity index (χ4n) is 3.05. The second kappa shape index (κ2) is 7.81. The van der Waals surface area contributed by atoms with Gasteiger partial charge in [0.05, 0.1) is 13.2 Å². The molecule has 6 heteroatoms. The van der Waals surface area contributed by atoms with Gasteiger partial charge in [-0.3, -0.25) is 0 Å². The number of ether oxygens (including phenoxy) is 2. The molecule has 23 heavy (non-hydrogen) atoms. The van der Waals surface area contributed by atoms with E-state index < -0.39 is 5.60 Å². The Bertz CT molecular complexity index is 389. The minimum Gasteiger partial charge on any atom is -0.444 e. The van der Waals surface area contributed by atoms with E-state index >= 15 is 0 Å². The van der Waals surface area contributed by atoms with Crippen molar-refractivity contribution in [2.75, 3.05) is 46.9 Å². The topological polar surface area (TPSA) is 54.0 Å². The maximum Gasteiger partial charge on any atom is 0.410 e. The molecule has 1 aliphatic carbocycles. The summed E-state index contributed by atoms with van der Waals surface area (Å²) in [7, 11) is 4.29. The Morgan fingerprint density at radius 2 is 2.04 bits per heavy atom. The summed E-state index contributed by atoms with van der Waals surface area (Å²) < 4.78 is 11.1. The second-order valence-corrected chi connectivity index (χ2v) is 8.06. The van der Waals surface area contributed by atoms with E-state index in [1.807, 2.05) is 20.8 Å². The van der Waals surface area contributed by atoms with Crippen molar-refractivity contribution in [1.29, 1.82) is 0 Å². The highest BCUT2D eigenvalue weighted by Crippen LogP contribution is 2.29. The Labute approximate surface area is 140 Å². The molecule has 1 saturated carbocycles. The number of carbonyl (C=O) groups excluding carboxylic acids is 1. The highest BCUT2D eigenvalue weighted by molar-refractivity contribution is 5.68. The van der Waals surface area contributed by atoms with E-state index in [1.165, 1.54) is 12.8 Å². The normalized spacial score (nSPS) is 29.1. The molecule has 1 heterocycles. The SMILES string of the molecule is CN(C)C1CC(CNC2COCCN(C(=O)OC(C)(C)C)C2)C1. The first-order valence-corrected chi connectivity index (χ1v) is 8.70. The Kier molecular flexibility index (Phi) is 6.28. The lowest BCUT2D eigenvalue weighted by Gasteiger charge is -2.40. The molecule has 0 spiro atoms. The van der Waals surface area contributed by atoms with Crippen LogP contribution in [-0.4, -0.2) is 80.5 Å². The number of nitrogens with zero attached hydrogens (tertiary/aromatic N) is 2. The molecule has 2 fully saturated rings. The number of carbonyl (C=O) groups is 1. The molecule has 0 bridgehead atoms. The largest absolute Gasteiger partial charge is 0.444 e. The van der Waals surface area contributed by atoms with Crippen LogP contribution in [0.25, 0.3) is 0 Å². The van der Waals surface area contributed by atoms with Crippen LogP contribution in [-0.2, 0) is 9.47 Å². The fourth-order valence-corrected chi connectivity index (χ4v) is 3.05. The van der Waals surface area contributed by atoms with Crippen LogP contribution in [0.3, 0.4) is 0 Å². The van der Waals surface area contributed by atoms with E-state index in [2.05, 4.69) is 24.3 Å². The molecule has 1 saturated heterocycles. The Morgan fingerprint density at radius 3 is 2.65 bits per heavy atom. The second-order valence-electron chi connectivity index (χ2n) is 8.06. The van der Waals surface area contributed by atoms with Crippen molar-refractivity contribution in [1.82, 2.24) is 15.1 Å². The molecule has 0 aromatic carbocycles. The van der Waals surface area contributed by atoms with Gasteiger partial charge in [0.25, 0.3) is 0 Å². The van der Waals surface area contributed by atoms with E-state index in [0.717, 1.165) is 18.5 Å². The highest BCUT2D eigenvalue weighted by atomic mass is 16.6. The highest BCUT2D eigenvalue weighted by Gasteiger charge is 2.32. The molecule has 0 radical (unpaired) electrons. The number of amides is 1. The van der Waals surface area contributed by atoms with Gasteiger partial charge in [0, 0.05) is 25.2 Å². The average molecular weight is 327 g/mol. The van der Waals surface area contributed by atoms with Gasteiger partial charge >= 0.3 is 6.09 Å². The molecule has 1 unspecified atom stereocenters. The van der Waals surface area contributed by atoms with Crippen LogP contribution in [0, 0.1) is 5.92 Å². The summed E-state index contributed by atoms with van der Waals surface area (Å²) in [6.07, 6.45) is 2.26. The molecule has 1 aliphatic heterocycles. The lowest BCUT2D eigenvalue weighted by Crippen LogP contribution is -2.49. The predicted octanol–water partition coefficient (Wildman–Crippen LogP) is 1.55. The lowest BCUT2D eigenvalue weighted by molar-refractivity contribution is 0.0237. The molecule has 134 valence electrons. The Morgan fingerprint density at radius 1 is 1.35 bits per heavy atom. The molecule has 2 rings (SSSR count). The molecular weight excluding hydrogens is 294 g/mol. The maximum atomic E-state index is 12.3. The minimum atomic E-state index is -0.458. The zero-order valence-electron chi connectivity index (χ0n) is 15.3. The molecule has 0 aromatic rings. The summed E-state index contributed by atoms with van der Waals surface area (Å²) in [6, 6.07) is 0.911. The van der Waals surface area contributed by atoms with Crippen molar-refractivity contribution in [2.45, 2.75) is 51.3 Å². The summed E-state index contributed by atoms with van der Waals surface area (Å²) >= 11 is 0. The predicted molar refractivity (Wildman–Crippen MR) is 90.6 cm³/mol. The van der Waals surface area contributed by atoms with Crippen molar-refractivity contribution in [3.63, 3.8) is 0 Å². The van der Waals surface area contributed by atoms with Crippen LogP contribution in [0.15, 0.2) is 0 Å². The van der Waals surface area contributed by atoms with Gasteiger partial charge < -0.3 is 24.6 Å². The van der Waals surface area contributed by atoms with Crippen molar-refractivity contribution in [3.8, 4) is 0 Å². The van der Waals surface area contributed by atoms with Crippen LogP contribution in [0.5, 0.6) is 0 Å². The van der Waals surface area contributed by atoms with Gasteiger partial charge in [-0.05, 0) is 60.2 Å². The van der Waals surface area contributed by atoms with E-state index in [-0.39, 0.29) is 12.1 Å². The quantitative estimate of drug-likeness (QED) is 0.849. The summed E-state index contributed by atoms with van der Waals surface area (Å²) in [6.45, 7) is 9.16. The third-order valence-electron chi connectivity index (χ3n) is 4.55. The summed E-state index contributed by atoms with van der Waals surface area (Å²) in [4.78, 5) is 16.3. The van der Waals surface area contributed by atoms with Crippen molar-refractivity contribution in [3.05, 3.63) is 0 Å². The summed E-state index contributed by atoms with van der Waals surface area (Å²) in [5.41, 5.74) is -0.458. The van der Waals surface area contributed by atoms with Crippen molar-refractivity contribution in [2.24, 2.45) is 5.92 Å². The summed E-state index contributed by atoms with van der Waals surface area (Å²) in [5.74, 6) is 0.737. The van der Waals surface area contributed by atoms with Crippen molar-refractivity contribution >= 4 is 6.09 Å². The number of hydrogen-bond donors (Lipinski definition) is 1. The van der Waals surface area contributed by atoms with Gasteiger partial charge in [-0.1, -0.05) is 0 Å². The third-order valence-corrected chi connectivity index (χ3v) is 4.55. The standard InChI is InChI=1S/C17H33N3O3/c1-17(2,3)23-16(21)20-6-7-22-12-14(11-20)18-10-13-8-15(9-13)19(4)5/h13-15,18H,6-12H2,1-5H3. The molecule has 2 aliphatic rings. The van der Waals surface area contributed by atoms with Crippen LogP contribution in [0.2, 0.25) is 0 Å². The van der Waals surface area contributed by atoms with Crippen molar-refractivity contribution < 1.29 is 14.3 Å². The first-order valence-electron chi connectivity index (χ1n) is 8.70. The van der Waals surface area contributed by atoms with Crippen LogP contribution < -0.4 is 5.32 Å². The lowest BCUT2D eigenvalue weighted by atomic mass is 9.79. The molecule has 1 atom stereocenters.